The molecule has 1 unspecified atom stereocenters. The Kier molecular flexibility index (Phi) is 5.79. The van der Waals surface area contributed by atoms with Gasteiger partial charge in [0, 0.05) is 30.8 Å². The van der Waals surface area contributed by atoms with Crippen molar-refractivity contribution in [3.8, 4) is 11.8 Å². The van der Waals surface area contributed by atoms with E-state index in [1.807, 2.05) is 24.0 Å². The molecule has 1 aromatic rings. The fourth-order valence-electron chi connectivity index (χ4n) is 2.44. The van der Waals surface area contributed by atoms with Gasteiger partial charge in [0.15, 0.2) is 0 Å². The molecule has 1 aliphatic rings. The average Bonchev–Trinajstić information content (AvgIpc) is 3.03. The van der Waals surface area contributed by atoms with Crippen molar-refractivity contribution >= 4 is 5.91 Å². The van der Waals surface area contributed by atoms with Crippen LogP contribution in [0.2, 0.25) is 0 Å². The fourth-order valence-corrected chi connectivity index (χ4v) is 2.44. The van der Waals surface area contributed by atoms with E-state index in [9.17, 15) is 4.79 Å². The maximum absolute atomic E-state index is 12.6. The predicted molar refractivity (Wildman–Crippen MR) is 81.0 cm³/mol. The minimum atomic E-state index is -0.182. The van der Waals surface area contributed by atoms with Gasteiger partial charge in [-0.1, -0.05) is 17.9 Å². The zero-order valence-electron chi connectivity index (χ0n) is 12.3. The Morgan fingerprint density at radius 1 is 1.52 bits per heavy atom. The maximum Gasteiger partial charge on any atom is 0.253 e. The molecule has 112 valence electrons. The van der Waals surface area contributed by atoms with Crippen molar-refractivity contribution in [3.63, 3.8) is 0 Å². The summed E-state index contributed by atoms with van der Waals surface area (Å²) in [5, 5.41) is 8.73. The van der Waals surface area contributed by atoms with Crippen LogP contribution in [-0.2, 0) is 4.74 Å². The number of nitrogens with zero attached hydrogens (tertiary/aromatic N) is 1. The summed E-state index contributed by atoms with van der Waals surface area (Å²) < 4.78 is 5.60. The second kappa shape index (κ2) is 7.82. The first-order chi connectivity index (χ1) is 10.2. The maximum atomic E-state index is 12.6. The van der Waals surface area contributed by atoms with Gasteiger partial charge in [0.05, 0.1) is 6.10 Å². The van der Waals surface area contributed by atoms with E-state index in [1.54, 1.807) is 12.1 Å². The second-order valence-electron chi connectivity index (χ2n) is 5.02. The SMILES string of the molecule is CCN(CC1CCCO1)C(=O)c1cccc(C#CCO)c1. The molecule has 0 bridgehead atoms. The molecule has 1 saturated heterocycles. The van der Waals surface area contributed by atoms with Crippen LogP contribution in [-0.4, -0.2) is 48.3 Å². The molecule has 1 aromatic carbocycles. The fraction of sp³-hybridized carbons (Fsp3) is 0.471. The summed E-state index contributed by atoms with van der Waals surface area (Å²) >= 11 is 0. The van der Waals surface area contributed by atoms with Crippen LogP contribution in [0.5, 0.6) is 0 Å². The summed E-state index contributed by atoms with van der Waals surface area (Å²) in [5.41, 5.74) is 1.36. The number of hydrogen-bond acceptors (Lipinski definition) is 3. The Balaban J connectivity index is 2.09. The normalized spacial score (nSPS) is 17.1. The topological polar surface area (TPSA) is 49.8 Å². The van der Waals surface area contributed by atoms with Crippen LogP contribution in [0.4, 0.5) is 0 Å². The van der Waals surface area contributed by atoms with Crippen LogP contribution >= 0.6 is 0 Å². The van der Waals surface area contributed by atoms with Crippen LogP contribution < -0.4 is 0 Å². The highest BCUT2D eigenvalue weighted by Crippen LogP contribution is 2.15. The third-order valence-electron chi connectivity index (χ3n) is 3.54. The molecular formula is C17H21NO3. The molecule has 21 heavy (non-hydrogen) atoms. The number of carbonyl (C=O) groups is 1. The lowest BCUT2D eigenvalue weighted by molar-refractivity contribution is 0.0539. The van der Waals surface area contributed by atoms with Crippen LogP contribution in [0.25, 0.3) is 0 Å². The minimum Gasteiger partial charge on any atom is -0.384 e. The van der Waals surface area contributed by atoms with E-state index < -0.39 is 0 Å². The molecule has 0 aliphatic carbocycles. The van der Waals surface area contributed by atoms with Crippen molar-refractivity contribution in [1.29, 1.82) is 0 Å². The van der Waals surface area contributed by atoms with Gasteiger partial charge in [-0.05, 0) is 38.0 Å². The molecule has 1 heterocycles. The predicted octanol–water partition coefficient (Wildman–Crippen LogP) is 1.67. The zero-order valence-corrected chi connectivity index (χ0v) is 12.3. The first-order valence-electron chi connectivity index (χ1n) is 7.35. The van der Waals surface area contributed by atoms with E-state index >= 15 is 0 Å². The van der Waals surface area contributed by atoms with Gasteiger partial charge in [0.25, 0.3) is 5.91 Å². The largest absolute Gasteiger partial charge is 0.384 e. The van der Waals surface area contributed by atoms with Crippen molar-refractivity contribution in [2.75, 3.05) is 26.3 Å². The van der Waals surface area contributed by atoms with Gasteiger partial charge in [-0.15, -0.1) is 0 Å². The average molecular weight is 287 g/mol. The quantitative estimate of drug-likeness (QED) is 0.857. The van der Waals surface area contributed by atoms with Crippen molar-refractivity contribution in [1.82, 2.24) is 4.90 Å². The molecule has 1 N–H and O–H groups in total. The van der Waals surface area contributed by atoms with E-state index in [0.717, 1.165) is 25.0 Å². The Morgan fingerprint density at radius 2 is 2.38 bits per heavy atom. The van der Waals surface area contributed by atoms with Crippen LogP contribution in [0.15, 0.2) is 24.3 Å². The first kappa shape index (κ1) is 15.6. The van der Waals surface area contributed by atoms with Gasteiger partial charge in [-0.2, -0.15) is 0 Å². The number of amides is 1. The number of carbonyl (C=O) groups excluding carboxylic acids is 1. The van der Waals surface area contributed by atoms with E-state index in [1.165, 1.54) is 0 Å². The number of benzene rings is 1. The summed E-state index contributed by atoms with van der Waals surface area (Å²) in [7, 11) is 0. The number of aliphatic hydroxyl groups excluding tert-OH is 1. The highest BCUT2D eigenvalue weighted by Gasteiger charge is 2.22. The lowest BCUT2D eigenvalue weighted by atomic mass is 10.1. The molecule has 1 amide bonds. The van der Waals surface area contributed by atoms with Gasteiger partial charge in [0.1, 0.15) is 6.61 Å². The number of ether oxygens (including phenoxy) is 1. The van der Waals surface area contributed by atoms with Crippen molar-refractivity contribution in [2.24, 2.45) is 0 Å². The summed E-state index contributed by atoms with van der Waals surface area (Å²) in [6.45, 7) is 3.89. The molecule has 1 atom stereocenters. The molecule has 0 saturated carbocycles. The number of aliphatic hydroxyl groups is 1. The molecule has 1 fully saturated rings. The first-order valence-corrected chi connectivity index (χ1v) is 7.35. The summed E-state index contributed by atoms with van der Waals surface area (Å²) in [5.74, 6) is 5.42. The van der Waals surface area contributed by atoms with E-state index in [4.69, 9.17) is 9.84 Å². The Morgan fingerprint density at radius 3 is 3.05 bits per heavy atom. The molecule has 2 rings (SSSR count). The van der Waals surface area contributed by atoms with Crippen LogP contribution in [0, 0.1) is 11.8 Å². The van der Waals surface area contributed by atoms with Gasteiger partial charge >= 0.3 is 0 Å². The van der Waals surface area contributed by atoms with Crippen molar-refractivity contribution < 1.29 is 14.6 Å². The molecule has 4 heteroatoms. The molecule has 0 radical (unpaired) electrons. The van der Waals surface area contributed by atoms with Gasteiger partial charge in [-0.25, -0.2) is 0 Å². The van der Waals surface area contributed by atoms with Crippen molar-refractivity contribution in [3.05, 3.63) is 35.4 Å². The zero-order chi connectivity index (χ0) is 15.1. The Hall–Kier alpha value is -1.83. The third-order valence-corrected chi connectivity index (χ3v) is 3.54. The molecule has 1 aliphatic heterocycles. The van der Waals surface area contributed by atoms with E-state index in [2.05, 4.69) is 11.8 Å². The third kappa shape index (κ3) is 4.32. The van der Waals surface area contributed by atoms with E-state index in [-0.39, 0.29) is 18.6 Å². The summed E-state index contributed by atoms with van der Waals surface area (Å²) in [4.78, 5) is 14.4. The minimum absolute atomic E-state index is 0.000600. The lowest BCUT2D eigenvalue weighted by Gasteiger charge is -2.24. The Labute approximate surface area is 125 Å². The van der Waals surface area contributed by atoms with E-state index in [0.29, 0.717) is 18.7 Å². The smallest absolute Gasteiger partial charge is 0.253 e. The van der Waals surface area contributed by atoms with Gasteiger partial charge in [0.2, 0.25) is 0 Å². The highest BCUT2D eigenvalue weighted by molar-refractivity contribution is 5.94. The standard InChI is InChI=1S/C17H21NO3/c1-2-18(13-16-9-5-11-21-16)17(20)15-8-3-6-14(12-15)7-4-10-19/h3,6,8,12,16,19H,2,5,9-11,13H2,1H3. The molecule has 0 spiro atoms. The summed E-state index contributed by atoms with van der Waals surface area (Å²) in [6.07, 6.45) is 2.25. The number of likely N-dealkylation sites (N-methyl/N-ethyl adjacent to an activating group) is 1. The van der Waals surface area contributed by atoms with Crippen molar-refractivity contribution in [2.45, 2.75) is 25.9 Å². The van der Waals surface area contributed by atoms with Crippen LogP contribution in [0.3, 0.4) is 0 Å². The number of hydrogen-bond donors (Lipinski definition) is 1. The molecule has 0 aromatic heterocycles. The number of rotatable bonds is 4. The van der Waals surface area contributed by atoms with Gasteiger partial charge in [-0.3, -0.25) is 4.79 Å². The Bertz CT molecular complexity index is 538. The monoisotopic (exact) mass is 287 g/mol. The molecule has 4 nitrogen and oxygen atoms in total. The van der Waals surface area contributed by atoms with Gasteiger partial charge < -0.3 is 14.7 Å². The molecular weight excluding hydrogens is 266 g/mol. The van der Waals surface area contributed by atoms with Crippen LogP contribution in [0.1, 0.15) is 35.7 Å². The lowest BCUT2D eigenvalue weighted by Crippen LogP contribution is -2.37. The second-order valence-corrected chi connectivity index (χ2v) is 5.02. The highest BCUT2D eigenvalue weighted by atomic mass is 16.5. The summed E-state index contributed by atoms with van der Waals surface area (Å²) in [6, 6.07) is 7.21.